The number of nitrogens with one attached hydrogen (secondary N) is 2. The van der Waals surface area contributed by atoms with E-state index in [1.165, 1.54) is 25.7 Å². The predicted octanol–water partition coefficient (Wildman–Crippen LogP) is 1.99. The van der Waals surface area contributed by atoms with Crippen LogP contribution >= 0.6 is 24.0 Å². The number of nitrogens with two attached hydrogens (primary N) is 1. The molecule has 0 atom stereocenters. The van der Waals surface area contributed by atoms with Gasteiger partial charge < -0.3 is 20.8 Å². The van der Waals surface area contributed by atoms with Crippen molar-refractivity contribution in [2.75, 3.05) is 6.54 Å². The fraction of sp³-hybridized carbons (Fsp3) is 0.571. The van der Waals surface area contributed by atoms with Crippen molar-refractivity contribution in [3.63, 3.8) is 0 Å². The van der Waals surface area contributed by atoms with E-state index in [1.807, 2.05) is 6.92 Å². The highest BCUT2D eigenvalue weighted by Gasteiger charge is 2.16. The lowest BCUT2D eigenvalue weighted by Gasteiger charge is -2.16. The third-order valence-corrected chi connectivity index (χ3v) is 3.34. The molecule has 1 aromatic rings. The summed E-state index contributed by atoms with van der Waals surface area (Å²) in [6.45, 7) is 3.22. The number of rotatable bonds is 5. The van der Waals surface area contributed by atoms with Crippen LogP contribution in [0.2, 0.25) is 0 Å². The molecule has 1 aliphatic rings. The Labute approximate surface area is 142 Å². The first-order chi connectivity index (χ1) is 9.69. The van der Waals surface area contributed by atoms with Gasteiger partial charge in [-0.05, 0) is 31.9 Å². The van der Waals surface area contributed by atoms with Crippen molar-refractivity contribution in [2.24, 2.45) is 10.7 Å². The van der Waals surface area contributed by atoms with Crippen LogP contribution in [-0.4, -0.2) is 24.5 Å². The van der Waals surface area contributed by atoms with Gasteiger partial charge in [-0.25, -0.2) is 4.99 Å². The normalized spacial score (nSPS) is 15.6. The van der Waals surface area contributed by atoms with Crippen molar-refractivity contribution >= 4 is 35.8 Å². The maximum Gasteiger partial charge on any atom is 0.284 e. The van der Waals surface area contributed by atoms with E-state index < -0.39 is 5.91 Å². The lowest BCUT2D eigenvalue weighted by Crippen LogP contribution is -2.42. The van der Waals surface area contributed by atoms with E-state index in [0.29, 0.717) is 18.3 Å². The van der Waals surface area contributed by atoms with Gasteiger partial charge in [0.15, 0.2) is 11.7 Å². The van der Waals surface area contributed by atoms with Crippen molar-refractivity contribution in [1.82, 2.24) is 10.6 Å². The largest absolute Gasteiger partial charge is 0.454 e. The molecule has 0 aliphatic heterocycles. The van der Waals surface area contributed by atoms with E-state index in [1.54, 1.807) is 12.1 Å². The number of nitrogens with zero attached hydrogens (tertiary/aromatic N) is 1. The van der Waals surface area contributed by atoms with Gasteiger partial charge in [-0.3, -0.25) is 4.79 Å². The zero-order valence-corrected chi connectivity index (χ0v) is 14.6. The zero-order valence-electron chi connectivity index (χ0n) is 12.2. The summed E-state index contributed by atoms with van der Waals surface area (Å²) in [6, 6.07) is 3.80. The number of guanidine groups is 1. The molecular formula is C14H23IN4O2. The summed E-state index contributed by atoms with van der Waals surface area (Å²) in [5, 5.41) is 6.64. The van der Waals surface area contributed by atoms with Crippen LogP contribution in [0.1, 0.15) is 48.9 Å². The van der Waals surface area contributed by atoms with Gasteiger partial charge in [0.05, 0.1) is 0 Å². The van der Waals surface area contributed by atoms with Crippen molar-refractivity contribution in [3.05, 3.63) is 23.7 Å². The number of carbonyl (C=O) groups is 1. The average Bonchev–Trinajstić information content (AvgIpc) is 3.07. The van der Waals surface area contributed by atoms with Crippen LogP contribution in [-0.2, 0) is 6.54 Å². The molecule has 0 radical (unpaired) electrons. The van der Waals surface area contributed by atoms with Crippen molar-refractivity contribution < 1.29 is 9.21 Å². The Hall–Kier alpha value is -1.25. The number of aliphatic imine (C=N–C) groups is 1. The molecule has 6 nitrogen and oxygen atoms in total. The van der Waals surface area contributed by atoms with Gasteiger partial charge in [0.25, 0.3) is 5.91 Å². The van der Waals surface area contributed by atoms with Crippen molar-refractivity contribution in [2.45, 2.75) is 45.2 Å². The summed E-state index contributed by atoms with van der Waals surface area (Å²) >= 11 is 0. The second-order valence-corrected chi connectivity index (χ2v) is 4.95. The average molecular weight is 406 g/mol. The molecule has 7 heteroatoms. The third-order valence-electron chi connectivity index (χ3n) is 3.34. The second-order valence-electron chi connectivity index (χ2n) is 4.95. The summed E-state index contributed by atoms with van der Waals surface area (Å²) < 4.78 is 5.31. The van der Waals surface area contributed by atoms with E-state index in [9.17, 15) is 4.79 Å². The molecule has 0 saturated heterocycles. The summed E-state index contributed by atoms with van der Waals surface area (Å²) in [5.74, 6) is 1.03. The van der Waals surface area contributed by atoms with Crippen LogP contribution in [0.4, 0.5) is 0 Å². The van der Waals surface area contributed by atoms with Gasteiger partial charge in [0.1, 0.15) is 12.3 Å². The summed E-state index contributed by atoms with van der Waals surface area (Å²) in [5.41, 5.74) is 5.15. The molecule has 0 aromatic carbocycles. The highest BCUT2D eigenvalue weighted by Crippen LogP contribution is 2.17. The standard InChI is InChI=1S/C14H22N4O2.HI/c1-2-16-14(18-10-5-3-4-6-10)17-9-11-7-8-12(20-11)13(15)19;/h7-8,10H,2-6,9H2,1H3,(H2,15,19)(H2,16,17,18);1H. The van der Waals surface area contributed by atoms with Crippen molar-refractivity contribution in [1.29, 1.82) is 0 Å². The molecule has 0 spiro atoms. The van der Waals surface area contributed by atoms with Gasteiger partial charge in [-0.2, -0.15) is 0 Å². The number of amides is 1. The number of hydrogen-bond acceptors (Lipinski definition) is 3. The maximum atomic E-state index is 11.0. The van der Waals surface area contributed by atoms with E-state index in [-0.39, 0.29) is 29.7 Å². The van der Waals surface area contributed by atoms with Gasteiger partial charge >= 0.3 is 0 Å². The predicted molar refractivity (Wildman–Crippen MR) is 92.8 cm³/mol. The third kappa shape index (κ3) is 5.56. The van der Waals surface area contributed by atoms with Gasteiger partial charge in [0.2, 0.25) is 0 Å². The highest BCUT2D eigenvalue weighted by molar-refractivity contribution is 14.0. The molecule has 0 bridgehead atoms. The Bertz CT molecular complexity index is 481. The highest BCUT2D eigenvalue weighted by atomic mass is 127. The second kappa shape index (κ2) is 8.91. The minimum absolute atomic E-state index is 0. The van der Waals surface area contributed by atoms with Gasteiger partial charge in [-0.1, -0.05) is 12.8 Å². The molecule has 1 fully saturated rings. The van der Waals surface area contributed by atoms with E-state index >= 15 is 0 Å². The summed E-state index contributed by atoms with van der Waals surface area (Å²) in [7, 11) is 0. The van der Waals surface area contributed by atoms with Crippen LogP contribution in [0.25, 0.3) is 0 Å². The van der Waals surface area contributed by atoms with Crippen LogP contribution in [0.5, 0.6) is 0 Å². The first kappa shape index (κ1) is 17.8. The SMILES string of the molecule is CCNC(=NCc1ccc(C(N)=O)o1)NC1CCCC1.I. The lowest BCUT2D eigenvalue weighted by molar-refractivity contribution is 0.0972. The molecule has 118 valence electrons. The number of carbonyl (C=O) groups excluding carboxylic acids is 1. The van der Waals surface area contributed by atoms with E-state index in [0.717, 1.165) is 12.5 Å². The molecular weight excluding hydrogens is 383 g/mol. The minimum atomic E-state index is -0.559. The Balaban J connectivity index is 0.00000220. The smallest absolute Gasteiger partial charge is 0.284 e. The molecule has 1 amide bonds. The first-order valence-corrected chi connectivity index (χ1v) is 7.12. The molecule has 0 unspecified atom stereocenters. The molecule has 1 saturated carbocycles. The Morgan fingerprint density at radius 2 is 2.14 bits per heavy atom. The number of hydrogen-bond donors (Lipinski definition) is 3. The van der Waals surface area contributed by atoms with E-state index in [2.05, 4.69) is 15.6 Å². The fourth-order valence-corrected chi connectivity index (χ4v) is 2.34. The zero-order chi connectivity index (χ0) is 14.4. The fourth-order valence-electron chi connectivity index (χ4n) is 2.34. The monoisotopic (exact) mass is 406 g/mol. The van der Waals surface area contributed by atoms with Gasteiger partial charge in [0, 0.05) is 12.6 Å². The summed E-state index contributed by atoms with van der Waals surface area (Å²) in [4.78, 5) is 15.4. The van der Waals surface area contributed by atoms with Crippen molar-refractivity contribution in [3.8, 4) is 0 Å². The van der Waals surface area contributed by atoms with Crippen LogP contribution in [0.3, 0.4) is 0 Å². The molecule has 1 aromatic heterocycles. The quantitative estimate of drug-likeness (QED) is 0.396. The molecule has 1 heterocycles. The van der Waals surface area contributed by atoms with Crippen LogP contribution < -0.4 is 16.4 Å². The van der Waals surface area contributed by atoms with Gasteiger partial charge in [-0.15, -0.1) is 24.0 Å². The molecule has 2 rings (SSSR count). The Morgan fingerprint density at radius 1 is 1.43 bits per heavy atom. The van der Waals surface area contributed by atoms with Crippen LogP contribution in [0, 0.1) is 0 Å². The topological polar surface area (TPSA) is 92.6 Å². The Morgan fingerprint density at radius 3 is 2.71 bits per heavy atom. The Kier molecular flexibility index (Phi) is 7.55. The lowest BCUT2D eigenvalue weighted by atomic mass is 10.2. The molecule has 1 aliphatic carbocycles. The minimum Gasteiger partial charge on any atom is -0.454 e. The molecule has 4 N–H and O–H groups in total. The number of furan rings is 1. The van der Waals surface area contributed by atoms with Crippen LogP contribution in [0.15, 0.2) is 21.5 Å². The van der Waals surface area contributed by atoms with E-state index in [4.69, 9.17) is 10.2 Å². The number of primary amides is 1. The first-order valence-electron chi connectivity index (χ1n) is 7.12. The maximum absolute atomic E-state index is 11.0. The summed E-state index contributed by atoms with van der Waals surface area (Å²) in [6.07, 6.45) is 4.93. The number of halogens is 1. The molecule has 21 heavy (non-hydrogen) atoms.